The van der Waals surface area contributed by atoms with E-state index in [0.29, 0.717) is 29.3 Å². The lowest BCUT2D eigenvalue weighted by Gasteiger charge is -2.16. The zero-order valence-corrected chi connectivity index (χ0v) is 16.3. The molecule has 3 aromatic rings. The number of fused-ring (bicyclic) bond motifs is 1. The summed E-state index contributed by atoms with van der Waals surface area (Å²) < 4.78 is 1.79. The van der Waals surface area contributed by atoms with Gasteiger partial charge in [0.25, 0.3) is 0 Å². The normalized spacial score (nSPS) is 31.3. The smallest absolute Gasteiger partial charge is 0.200 e. The van der Waals surface area contributed by atoms with Crippen molar-refractivity contribution in [1.29, 1.82) is 0 Å². The van der Waals surface area contributed by atoms with Crippen molar-refractivity contribution in [2.75, 3.05) is 11.9 Å². The molecular weight excluding hydrogens is 392 g/mol. The third-order valence-corrected chi connectivity index (χ3v) is 6.21. The van der Waals surface area contributed by atoms with Gasteiger partial charge in [0.15, 0.2) is 11.2 Å². The molecule has 2 aromatic heterocycles. The highest BCUT2D eigenvalue weighted by Crippen LogP contribution is 2.43. The molecule has 29 heavy (non-hydrogen) atoms. The fourth-order valence-corrected chi connectivity index (χ4v) is 4.49. The van der Waals surface area contributed by atoms with Crippen LogP contribution in [0, 0.1) is 10.7 Å². The predicted molar refractivity (Wildman–Crippen MR) is 108 cm³/mol. The summed E-state index contributed by atoms with van der Waals surface area (Å²) in [5.41, 5.74) is 2.27. The molecule has 5 rings (SSSR count). The zero-order valence-electron chi connectivity index (χ0n) is 15.5. The average Bonchev–Trinajstić information content (AvgIpc) is 3.28. The number of nitrogens with zero attached hydrogens (tertiary/aromatic N) is 4. The van der Waals surface area contributed by atoms with E-state index in [1.165, 1.54) is 10.2 Å². The number of rotatable bonds is 5. The van der Waals surface area contributed by atoms with Crippen molar-refractivity contribution in [2.45, 2.75) is 43.1 Å². The van der Waals surface area contributed by atoms with Gasteiger partial charge >= 0.3 is 0 Å². The number of aliphatic hydroxyl groups excluding tert-OH is 3. The highest BCUT2D eigenvalue weighted by atomic mass is 32.1. The second-order valence-corrected chi connectivity index (χ2v) is 8.24. The maximum absolute atomic E-state index is 10.4. The van der Waals surface area contributed by atoms with Crippen LogP contribution < -0.4 is 5.32 Å². The minimum absolute atomic E-state index is 0.204. The van der Waals surface area contributed by atoms with Crippen LogP contribution in [0.15, 0.2) is 30.3 Å². The van der Waals surface area contributed by atoms with Gasteiger partial charge in [-0.2, -0.15) is 4.98 Å². The van der Waals surface area contributed by atoms with Crippen molar-refractivity contribution in [3.63, 3.8) is 0 Å². The molecule has 2 saturated carbocycles. The van der Waals surface area contributed by atoms with Gasteiger partial charge in [-0.15, -0.1) is 5.10 Å². The summed E-state index contributed by atoms with van der Waals surface area (Å²) >= 11 is 5.29. The fourth-order valence-electron chi connectivity index (χ4n) is 4.30. The lowest BCUT2D eigenvalue weighted by molar-refractivity contribution is -0.00511. The average molecular weight is 414 g/mol. The lowest BCUT2D eigenvalue weighted by Crippen LogP contribution is -2.30. The van der Waals surface area contributed by atoms with Crippen LogP contribution in [0.4, 0.5) is 5.82 Å². The number of hydrogen-bond acceptors (Lipinski definition) is 8. The molecule has 9 nitrogen and oxygen atoms in total. The first kappa shape index (κ1) is 18.6. The fraction of sp³-hybridized carbons (Fsp3) is 0.474. The van der Waals surface area contributed by atoms with Gasteiger partial charge in [-0.05, 0) is 30.6 Å². The molecule has 0 radical (unpaired) electrons. The van der Waals surface area contributed by atoms with Gasteiger partial charge in [0.2, 0.25) is 4.77 Å². The van der Waals surface area contributed by atoms with Gasteiger partial charge in [0.1, 0.15) is 11.9 Å². The highest BCUT2D eigenvalue weighted by Gasteiger charge is 2.44. The topological polar surface area (TPSA) is 132 Å². The first-order valence-electron chi connectivity index (χ1n) is 9.70. The van der Waals surface area contributed by atoms with Crippen molar-refractivity contribution in [2.24, 2.45) is 5.92 Å². The molecule has 2 aliphatic carbocycles. The first-order valence-corrected chi connectivity index (χ1v) is 10.1. The Bertz CT molecular complexity index is 1090. The summed E-state index contributed by atoms with van der Waals surface area (Å²) in [7, 11) is 0. The Hall–Kier alpha value is -2.40. The third kappa shape index (κ3) is 3.21. The summed E-state index contributed by atoms with van der Waals surface area (Å²) in [5.74, 6) is 0.665. The number of aromatic amines is 1. The predicted octanol–water partition coefficient (Wildman–Crippen LogP) is 1.13. The molecular formula is C19H22N6O3S. The molecule has 152 valence electrons. The Morgan fingerprint density at radius 3 is 2.69 bits per heavy atom. The van der Waals surface area contributed by atoms with E-state index in [-0.39, 0.29) is 17.4 Å². The van der Waals surface area contributed by atoms with Gasteiger partial charge in [0.05, 0.1) is 12.1 Å². The second-order valence-electron chi connectivity index (χ2n) is 7.85. The molecule has 2 aliphatic rings. The van der Waals surface area contributed by atoms with E-state index < -0.39 is 24.2 Å². The Morgan fingerprint density at radius 1 is 1.17 bits per heavy atom. The van der Waals surface area contributed by atoms with E-state index in [1.807, 2.05) is 18.2 Å². The zero-order chi connectivity index (χ0) is 20.1. The molecule has 2 heterocycles. The summed E-state index contributed by atoms with van der Waals surface area (Å²) in [6.07, 6.45) is -0.683. The van der Waals surface area contributed by atoms with E-state index in [2.05, 4.69) is 37.7 Å². The van der Waals surface area contributed by atoms with E-state index in [4.69, 9.17) is 12.2 Å². The standard InChI is InChI=1S/C19H22N6O3S/c26-8-10-6-13(16(28)15(10)27)25-18-14(23-24-25)17(21-19(29)22-18)20-12-7-11(12)9-4-2-1-3-5-9/h1-5,10-13,15-16,26-28H,6-8H2,(H2,20,21,22,29). The van der Waals surface area contributed by atoms with Crippen LogP contribution in [-0.2, 0) is 0 Å². The summed E-state index contributed by atoms with van der Waals surface area (Å²) in [5, 5.41) is 41.9. The van der Waals surface area contributed by atoms with Gasteiger partial charge in [-0.3, -0.25) is 0 Å². The second kappa shape index (κ2) is 7.13. The van der Waals surface area contributed by atoms with Crippen molar-refractivity contribution in [1.82, 2.24) is 25.0 Å². The van der Waals surface area contributed by atoms with Crippen molar-refractivity contribution in [3.05, 3.63) is 40.7 Å². The number of nitrogens with one attached hydrogen (secondary N) is 2. The summed E-state index contributed by atoms with van der Waals surface area (Å²) in [6.45, 7) is -0.204. The molecule has 6 unspecified atom stereocenters. The van der Waals surface area contributed by atoms with Crippen molar-refractivity contribution in [3.8, 4) is 0 Å². The van der Waals surface area contributed by atoms with Crippen LogP contribution >= 0.6 is 12.2 Å². The van der Waals surface area contributed by atoms with Crippen molar-refractivity contribution >= 4 is 29.2 Å². The number of H-pyrrole nitrogens is 1. The molecule has 0 saturated heterocycles. The van der Waals surface area contributed by atoms with Crippen LogP contribution in [0.2, 0.25) is 0 Å². The molecule has 0 amide bonds. The number of aromatic nitrogens is 5. The van der Waals surface area contributed by atoms with Crippen LogP contribution in [0.3, 0.4) is 0 Å². The molecule has 5 N–H and O–H groups in total. The van der Waals surface area contributed by atoms with Gasteiger partial charge in [-0.1, -0.05) is 35.5 Å². The molecule has 2 fully saturated rings. The molecule has 10 heteroatoms. The Morgan fingerprint density at radius 2 is 1.97 bits per heavy atom. The van der Waals surface area contributed by atoms with E-state index in [1.54, 1.807) is 0 Å². The molecule has 6 atom stereocenters. The quantitative estimate of drug-likeness (QED) is 0.393. The SMILES string of the molecule is OCC1CC(n2nnc3c(NC4CC4c4ccccc4)[nH]c(=S)nc32)C(O)C1O. The Kier molecular flexibility index (Phi) is 4.58. The van der Waals surface area contributed by atoms with Crippen LogP contribution in [0.1, 0.15) is 30.4 Å². The molecule has 1 aromatic carbocycles. The highest BCUT2D eigenvalue weighted by molar-refractivity contribution is 7.71. The number of aliphatic hydroxyl groups is 3. The maximum atomic E-state index is 10.4. The minimum atomic E-state index is -1.06. The molecule has 0 aliphatic heterocycles. The maximum Gasteiger partial charge on any atom is 0.200 e. The van der Waals surface area contributed by atoms with E-state index in [9.17, 15) is 15.3 Å². The van der Waals surface area contributed by atoms with Crippen LogP contribution in [0.5, 0.6) is 0 Å². The van der Waals surface area contributed by atoms with E-state index in [0.717, 1.165) is 6.42 Å². The lowest BCUT2D eigenvalue weighted by atomic mass is 10.1. The summed E-state index contributed by atoms with van der Waals surface area (Å²) in [6, 6.07) is 10.1. The van der Waals surface area contributed by atoms with Crippen LogP contribution in [0.25, 0.3) is 11.2 Å². The Labute approximate surface area is 171 Å². The van der Waals surface area contributed by atoms with Gasteiger partial charge in [-0.25, -0.2) is 4.68 Å². The number of anilines is 1. The minimum Gasteiger partial charge on any atom is -0.396 e. The third-order valence-electron chi connectivity index (χ3n) is 6.01. The van der Waals surface area contributed by atoms with E-state index >= 15 is 0 Å². The summed E-state index contributed by atoms with van der Waals surface area (Å²) in [4.78, 5) is 7.42. The first-order chi connectivity index (χ1) is 14.1. The van der Waals surface area contributed by atoms with Crippen molar-refractivity contribution < 1.29 is 15.3 Å². The molecule has 0 bridgehead atoms. The largest absolute Gasteiger partial charge is 0.396 e. The van der Waals surface area contributed by atoms with Crippen LogP contribution in [-0.4, -0.2) is 65.1 Å². The Balaban J connectivity index is 1.44. The number of benzene rings is 1. The monoisotopic (exact) mass is 414 g/mol. The van der Waals surface area contributed by atoms with Gasteiger partial charge in [0, 0.05) is 24.5 Å². The number of hydrogen-bond donors (Lipinski definition) is 5. The molecule has 0 spiro atoms. The van der Waals surface area contributed by atoms with Gasteiger partial charge < -0.3 is 25.6 Å².